The van der Waals surface area contributed by atoms with Crippen LogP contribution in [0.2, 0.25) is 10.0 Å². The average molecular weight is 323 g/mol. The molecule has 0 N–H and O–H groups in total. The molecule has 0 fully saturated rings. The second kappa shape index (κ2) is 6.50. The van der Waals surface area contributed by atoms with Crippen molar-refractivity contribution in [2.24, 2.45) is 0 Å². The smallest absolute Gasteiger partial charge is 0.167 e. The van der Waals surface area contributed by atoms with Gasteiger partial charge in [-0.2, -0.15) is 0 Å². The highest BCUT2D eigenvalue weighted by Crippen LogP contribution is 2.26. The second-order valence-electron chi connectivity index (χ2n) is 4.99. The largest absolute Gasteiger partial charge is 0.496 e. The first-order valence-electron chi connectivity index (χ1n) is 6.54. The molecule has 2 nitrogen and oxygen atoms in total. The SMILES string of the molecule is COc1cc(C)c(C(=O)Cc2ccc(Cl)c(Cl)c2)cc1C. The van der Waals surface area contributed by atoms with E-state index in [-0.39, 0.29) is 5.78 Å². The van der Waals surface area contributed by atoms with Gasteiger partial charge in [0.25, 0.3) is 0 Å². The highest BCUT2D eigenvalue weighted by Gasteiger charge is 2.13. The van der Waals surface area contributed by atoms with Crippen LogP contribution in [0.3, 0.4) is 0 Å². The summed E-state index contributed by atoms with van der Waals surface area (Å²) in [6, 6.07) is 9.01. The van der Waals surface area contributed by atoms with Crippen LogP contribution >= 0.6 is 23.2 Å². The summed E-state index contributed by atoms with van der Waals surface area (Å²) >= 11 is 11.9. The maximum Gasteiger partial charge on any atom is 0.167 e. The minimum atomic E-state index is 0.0524. The topological polar surface area (TPSA) is 26.3 Å². The van der Waals surface area contributed by atoms with Gasteiger partial charge in [-0.1, -0.05) is 29.3 Å². The van der Waals surface area contributed by atoms with Crippen molar-refractivity contribution in [1.82, 2.24) is 0 Å². The molecule has 0 aliphatic rings. The lowest BCUT2D eigenvalue weighted by Gasteiger charge is -2.11. The van der Waals surface area contributed by atoms with Gasteiger partial charge in [0.15, 0.2) is 5.78 Å². The number of ether oxygens (including phenoxy) is 1. The first-order valence-corrected chi connectivity index (χ1v) is 7.30. The van der Waals surface area contributed by atoms with Gasteiger partial charge >= 0.3 is 0 Å². The fourth-order valence-electron chi connectivity index (χ4n) is 2.24. The lowest BCUT2D eigenvalue weighted by atomic mass is 9.97. The van der Waals surface area contributed by atoms with Crippen LogP contribution in [0.4, 0.5) is 0 Å². The monoisotopic (exact) mass is 322 g/mol. The third-order valence-electron chi connectivity index (χ3n) is 3.39. The lowest BCUT2D eigenvalue weighted by Crippen LogP contribution is -2.07. The van der Waals surface area contributed by atoms with E-state index in [9.17, 15) is 4.79 Å². The van der Waals surface area contributed by atoms with E-state index in [1.54, 1.807) is 19.2 Å². The van der Waals surface area contributed by atoms with E-state index < -0.39 is 0 Å². The van der Waals surface area contributed by atoms with Gasteiger partial charge in [-0.05, 0) is 54.8 Å². The van der Waals surface area contributed by atoms with E-state index in [2.05, 4.69) is 0 Å². The molecule has 0 atom stereocenters. The van der Waals surface area contributed by atoms with Crippen molar-refractivity contribution in [3.05, 3.63) is 62.6 Å². The first-order chi connectivity index (χ1) is 9.92. The van der Waals surface area contributed by atoms with Gasteiger partial charge in [0, 0.05) is 12.0 Å². The van der Waals surface area contributed by atoms with Crippen molar-refractivity contribution in [3.63, 3.8) is 0 Å². The van der Waals surface area contributed by atoms with Crippen molar-refractivity contribution >= 4 is 29.0 Å². The zero-order chi connectivity index (χ0) is 15.6. The van der Waals surface area contributed by atoms with Crippen molar-refractivity contribution in [3.8, 4) is 5.75 Å². The van der Waals surface area contributed by atoms with Gasteiger partial charge in [-0.25, -0.2) is 0 Å². The maximum atomic E-state index is 12.5. The van der Waals surface area contributed by atoms with Crippen LogP contribution < -0.4 is 4.74 Å². The lowest BCUT2D eigenvalue weighted by molar-refractivity contribution is 0.0992. The molecule has 0 heterocycles. The standard InChI is InChI=1S/C17H16Cl2O2/c1-10-7-17(21-3)11(2)6-13(10)16(20)9-12-4-5-14(18)15(19)8-12/h4-8H,9H2,1-3H3. The summed E-state index contributed by atoms with van der Waals surface area (Å²) in [4.78, 5) is 12.5. The quantitative estimate of drug-likeness (QED) is 0.737. The predicted molar refractivity (Wildman–Crippen MR) is 87.0 cm³/mol. The number of hydrogen-bond acceptors (Lipinski definition) is 2. The Balaban J connectivity index is 2.28. The first kappa shape index (κ1) is 15.9. The zero-order valence-corrected chi connectivity index (χ0v) is 13.7. The van der Waals surface area contributed by atoms with E-state index >= 15 is 0 Å². The number of carbonyl (C=O) groups is 1. The van der Waals surface area contributed by atoms with Crippen LogP contribution in [0.1, 0.15) is 27.0 Å². The van der Waals surface area contributed by atoms with Gasteiger partial charge in [-0.3, -0.25) is 4.79 Å². The van der Waals surface area contributed by atoms with Crippen LogP contribution in [-0.2, 0) is 6.42 Å². The van der Waals surface area contributed by atoms with E-state index in [0.29, 0.717) is 22.0 Å². The van der Waals surface area contributed by atoms with E-state index in [1.807, 2.05) is 32.0 Å². The molecule has 0 spiro atoms. The number of Topliss-reactive ketones (excluding diaryl/α,β-unsaturated/α-hetero) is 1. The molecule has 2 aromatic rings. The van der Waals surface area contributed by atoms with Gasteiger partial charge in [0.05, 0.1) is 17.2 Å². The number of methoxy groups -OCH3 is 1. The molecule has 0 saturated carbocycles. The fourth-order valence-corrected chi connectivity index (χ4v) is 2.56. The molecular formula is C17H16Cl2O2. The Morgan fingerprint density at radius 2 is 1.76 bits per heavy atom. The number of benzene rings is 2. The van der Waals surface area contributed by atoms with E-state index in [0.717, 1.165) is 22.4 Å². The minimum Gasteiger partial charge on any atom is -0.496 e. The molecule has 0 aromatic heterocycles. The van der Waals surface area contributed by atoms with Crippen molar-refractivity contribution in [2.45, 2.75) is 20.3 Å². The summed E-state index contributed by atoms with van der Waals surface area (Å²) in [5, 5.41) is 0.953. The van der Waals surface area contributed by atoms with E-state index in [4.69, 9.17) is 27.9 Å². The maximum absolute atomic E-state index is 12.5. The molecule has 0 unspecified atom stereocenters. The zero-order valence-electron chi connectivity index (χ0n) is 12.2. The summed E-state index contributed by atoms with van der Waals surface area (Å²) in [7, 11) is 1.62. The number of aryl methyl sites for hydroxylation is 2. The molecule has 0 saturated heterocycles. The third-order valence-corrected chi connectivity index (χ3v) is 4.13. The molecule has 2 aromatic carbocycles. The Hall–Kier alpha value is -1.51. The predicted octanol–water partition coefficient (Wildman–Crippen LogP) is 5.04. The van der Waals surface area contributed by atoms with Crippen LogP contribution in [0.25, 0.3) is 0 Å². The van der Waals surface area contributed by atoms with Crippen molar-refractivity contribution in [1.29, 1.82) is 0 Å². The average Bonchev–Trinajstić information content (AvgIpc) is 2.44. The molecule has 0 radical (unpaired) electrons. The number of ketones is 1. The van der Waals surface area contributed by atoms with Gasteiger partial charge in [0.2, 0.25) is 0 Å². The molecule has 0 aliphatic carbocycles. The Morgan fingerprint density at radius 1 is 1.05 bits per heavy atom. The van der Waals surface area contributed by atoms with Crippen LogP contribution in [0.15, 0.2) is 30.3 Å². The number of carbonyl (C=O) groups excluding carboxylic acids is 1. The second-order valence-corrected chi connectivity index (χ2v) is 5.80. The van der Waals surface area contributed by atoms with Gasteiger partial charge < -0.3 is 4.74 Å². The Bertz CT molecular complexity index is 693. The highest BCUT2D eigenvalue weighted by atomic mass is 35.5. The Kier molecular flexibility index (Phi) is 4.92. The Labute approximate surface area is 134 Å². The van der Waals surface area contributed by atoms with Crippen LogP contribution in [0, 0.1) is 13.8 Å². The number of hydrogen-bond donors (Lipinski definition) is 0. The van der Waals surface area contributed by atoms with Crippen molar-refractivity contribution < 1.29 is 9.53 Å². The van der Waals surface area contributed by atoms with Gasteiger partial charge in [0.1, 0.15) is 5.75 Å². The number of rotatable bonds is 4. The molecule has 2 rings (SSSR count). The fraction of sp³-hybridized carbons (Fsp3) is 0.235. The summed E-state index contributed by atoms with van der Waals surface area (Å²) in [6.07, 6.45) is 0.295. The van der Waals surface area contributed by atoms with E-state index in [1.165, 1.54) is 0 Å². The Morgan fingerprint density at radius 3 is 2.38 bits per heavy atom. The molecule has 0 aliphatic heterocycles. The molecule has 4 heteroatoms. The summed E-state index contributed by atoms with van der Waals surface area (Å²) in [6.45, 7) is 3.83. The molecule has 0 bridgehead atoms. The molecule has 0 amide bonds. The van der Waals surface area contributed by atoms with Crippen molar-refractivity contribution in [2.75, 3.05) is 7.11 Å². The van der Waals surface area contributed by atoms with Crippen LogP contribution in [0.5, 0.6) is 5.75 Å². The minimum absolute atomic E-state index is 0.0524. The summed E-state index contributed by atoms with van der Waals surface area (Å²) in [5.74, 6) is 0.843. The molecule has 21 heavy (non-hydrogen) atoms. The van der Waals surface area contributed by atoms with Crippen LogP contribution in [-0.4, -0.2) is 12.9 Å². The molecule has 110 valence electrons. The van der Waals surface area contributed by atoms with Gasteiger partial charge in [-0.15, -0.1) is 0 Å². The highest BCUT2D eigenvalue weighted by molar-refractivity contribution is 6.42. The summed E-state index contributed by atoms with van der Waals surface area (Å²) in [5.41, 5.74) is 3.41. The third kappa shape index (κ3) is 3.58. The number of halogens is 2. The normalized spacial score (nSPS) is 10.5. The molecular weight excluding hydrogens is 307 g/mol. The summed E-state index contributed by atoms with van der Waals surface area (Å²) < 4.78 is 5.26.